The van der Waals surface area contributed by atoms with E-state index in [1.807, 2.05) is 12.1 Å². The van der Waals surface area contributed by atoms with Crippen LogP contribution in [0.2, 0.25) is 0 Å². The van der Waals surface area contributed by atoms with Gasteiger partial charge in [-0.25, -0.2) is 29.7 Å². The second kappa shape index (κ2) is 19.3. The molecule has 1 saturated heterocycles. The molecule has 8 atom stereocenters. The lowest BCUT2D eigenvalue weighted by atomic mass is 9.59. The number of benzene rings is 2. The van der Waals surface area contributed by atoms with Crippen LogP contribution in [0, 0.1) is 22.7 Å². The van der Waals surface area contributed by atoms with Gasteiger partial charge in [0.05, 0.1) is 25.3 Å². The number of carbonyl (C=O) groups is 3. The van der Waals surface area contributed by atoms with Gasteiger partial charge in [-0.3, -0.25) is 19.4 Å². The SMILES string of the molecule is CO[C@H]1CC[C@@]2(Cc3ccc(Br)cc3[C@]23N=C(N)N(Cc2ncccn2)C3=O)C[C@@H]1C.CO[C@H]1CC[C@@]2(Cc3ccc(Br)cc3[C@]23NC(=S)N(Cc2ncccn2)C3=O)C[C@@H]1C.O=C(O)C(F)(F)F. The van der Waals surface area contributed by atoms with Crippen LogP contribution in [-0.4, -0.2) is 96.3 Å². The van der Waals surface area contributed by atoms with Crippen molar-refractivity contribution in [2.24, 2.45) is 33.4 Å². The first-order valence-electron chi connectivity index (χ1n) is 22.5. The number of nitrogens with two attached hydrogens (primary N) is 1. The summed E-state index contributed by atoms with van der Waals surface area (Å²) in [5, 5.41) is 11.1. The van der Waals surface area contributed by atoms with Crippen LogP contribution in [0.25, 0.3) is 0 Å². The number of thiocarbonyl (C=S) groups is 1. The van der Waals surface area contributed by atoms with Crippen molar-refractivity contribution in [2.75, 3.05) is 14.2 Å². The van der Waals surface area contributed by atoms with E-state index in [0.29, 0.717) is 28.6 Å². The maximum atomic E-state index is 14.2. The largest absolute Gasteiger partial charge is 0.490 e. The van der Waals surface area contributed by atoms with Gasteiger partial charge < -0.3 is 25.6 Å². The quantitative estimate of drug-likeness (QED) is 0.160. The summed E-state index contributed by atoms with van der Waals surface area (Å²) in [6.07, 6.45) is 9.06. The Bertz CT molecular complexity index is 2640. The molecule has 2 aliphatic heterocycles. The third kappa shape index (κ3) is 8.84. The van der Waals surface area contributed by atoms with Gasteiger partial charge in [0.1, 0.15) is 11.6 Å². The number of halogens is 5. The number of aromatic nitrogens is 4. The molecule has 4 aliphatic carbocycles. The van der Waals surface area contributed by atoms with Crippen LogP contribution in [-0.2, 0) is 60.9 Å². The number of methoxy groups -OCH3 is 2. The van der Waals surface area contributed by atoms with Gasteiger partial charge in [0.15, 0.2) is 22.1 Å². The molecule has 2 aromatic carbocycles. The molecular formula is C48H52Br2F3N9O6S. The third-order valence-electron chi connectivity index (χ3n) is 15.0. The summed E-state index contributed by atoms with van der Waals surface area (Å²) >= 11 is 12.9. The van der Waals surface area contributed by atoms with Crippen LogP contribution in [0.4, 0.5) is 13.2 Å². The Morgan fingerprint density at radius 1 is 0.812 bits per heavy atom. The number of carboxylic acid groups (broad SMARTS) is 1. The van der Waals surface area contributed by atoms with E-state index in [2.05, 4.69) is 95.2 Å². The minimum absolute atomic E-state index is 0.00451. The minimum Gasteiger partial charge on any atom is -0.475 e. The topological polar surface area (TPSA) is 198 Å². The Labute approximate surface area is 419 Å². The zero-order valence-corrected chi connectivity index (χ0v) is 42.3. The van der Waals surface area contributed by atoms with Gasteiger partial charge in [0.2, 0.25) is 0 Å². The lowest BCUT2D eigenvalue weighted by Gasteiger charge is -2.48. The molecule has 4 heterocycles. The van der Waals surface area contributed by atoms with Gasteiger partial charge in [0, 0.05) is 58.8 Å². The Balaban J connectivity index is 0.000000164. The number of rotatable bonds is 6. The lowest BCUT2D eigenvalue weighted by molar-refractivity contribution is -0.192. The number of aliphatic carboxylic acids is 1. The van der Waals surface area contributed by atoms with Gasteiger partial charge in [-0.15, -0.1) is 0 Å². The number of aliphatic imine (C=N–C) groups is 1. The molecule has 10 rings (SSSR count). The van der Waals surface area contributed by atoms with Crippen molar-refractivity contribution in [3.8, 4) is 0 Å². The average molecular weight is 1100 g/mol. The highest BCUT2D eigenvalue weighted by Gasteiger charge is 2.69. The number of nitrogens with zero attached hydrogens (tertiary/aromatic N) is 7. The zero-order chi connectivity index (χ0) is 49.7. The van der Waals surface area contributed by atoms with Gasteiger partial charge >= 0.3 is 12.1 Å². The van der Waals surface area contributed by atoms with E-state index in [4.69, 9.17) is 42.3 Å². The zero-order valence-electron chi connectivity index (χ0n) is 38.3. The van der Waals surface area contributed by atoms with Gasteiger partial charge in [-0.05, 0) is 134 Å². The third-order valence-corrected chi connectivity index (χ3v) is 16.3. The second-order valence-electron chi connectivity index (χ2n) is 18.8. The fraction of sp³-hybridized carbons (Fsp3) is 0.479. The summed E-state index contributed by atoms with van der Waals surface area (Å²) in [6, 6.07) is 16.0. The summed E-state index contributed by atoms with van der Waals surface area (Å²) in [5.74, 6) is -0.785. The molecule has 3 fully saturated rings. The summed E-state index contributed by atoms with van der Waals surface area (Å²) in [4.78, 5) is 62.7. The van der Waals surface area contributed by atoms with Crippen LogP contribution in [0.15, 0.2) is 87.3 Å². The van der Waals surface area contributed by atoms with E-state index >= 15 is 0 Å². The summed E-state index contributed by atoms with van der Waals surface area (Å²) in [6.45, 7) is 4.92. The molecule has 4 N–H and O–H groups in total. The Morgan fingerprint density at radius 3 is 1.78 bits per heavy atom. The molecule has 0 bridgehead atoms. The molecule has 0 unspecified atom stereocenters. The predicted molar refractivity (Wildman–Crippen MR) is 258 cm³/mol. The van der Waals surface area contributed by atoms with Crippen molar-refractivity contribution >= 4 is 72.9 Å². The standard InChI is InChI=1S/C23H26BrN5O2.C23H25BrN4O2S.C2HF3O2/c1-14-11-22(7-6-18(14)31-2)12-15-4-5-16(24)10-17(15)23(22)20(30)29(21(25)28-23)13-19-26-8-3-9-27-19;1-14-11-22(7-6-18(14)30-2)12-15-4-5-16(24)10-17(15)23(22)20(29)28(21(31)27-23)13-19-25-8-3-9-26-19;3-2(4,5)1(6)7/h3-5,8-10,14,18H,6-7,11-13H2,1-2H3,(H2,25,28);3-5,8-10,14,18H,6-7,11-13H2,1-2H3,(H,27,31);(H,6,7)/t2*14-,18-,22-,23+;/m00./s1. The van der Waals surface area contributed by atoms with Crippen molar-refractivity contribution in [3.05, 3.63) is 116 Å². The number of amides is 2. The number of ether oxygens (including phenoxy) is 2. The Hall–Kier alpha value is -4.96. The molecule has 2 amide bonds. The number of nitrogens with one attached hydrogen (secondary N) is 1. The molecule has 15 nitrogen and oxygen atoms in total. The van der Waals surface area contributed by atoms with Crippen molar-refractivity contribution < 1.29 is 42.1 Å². The molecular weight excluding hydrogens is 1050 g/mol. The van der Waals surface area contributed by atoms with E-state index < -0.39 is 23.2 Å². The van der Waals surface area contributed by atoms with Crippen molar-refractivity contribution in [2.45, 2.75) is 108 Å². The molecule has 21 heteroatoms. The van der Waals surface area contributed by atoms with Crippen molar-refractivity contribution in [1.29, 1.82) is 0 Å². The molecule has 6 aliphatic rings. The number of alkyl halides is 3. The first-order valence-corrected chi connectivity index (χ1v) is 24.5. The second-order valence-corrected chi connectivity index (χ2v) is 21.0. The highest BCUT2D eigenvalue weighted by molar-refractivity contribution is 9.10. The molecule has 0 radical (unpaired) electrons. The summed E-state index contributed by atoms with van der Waals surface area (Å²) in [5.41, 5.74) is 8.34. The fourth-order valence-corrected chi connectivity index (χ4v) is 13.1. The minimum atomic E-state index is -5.08. The number of guanidine groups is 1. The molecule has 4 spiro atoms. The Kier molecular flexibility index (Phi) is 14.1. The maximum absolute atomic E-state index is 14.2. The maximum Gasteiger partial charge on any atom is 0.490 e. The van der Waals surface area contributed by atoms with Crippen LogP contribution >= 0.6 is 44.1 Å². The molecule has 69 heavy (non-hydrogen) atoms. The normalized spacial score (nSPS) is 29.9. The van der Waals surface area contributed by atoms with Gasteiger partial charge in [-0.1, -0.05) is 57.8 Å². The Morgan fingerprint density at radius 2 is 1.28 bits per heavy atom. The first kappa shape index (κ1) is 50.4. The smallest absolute Gasteiger partial charge is 0.475 e. The van der Waals surface area contributed by atoms with E-state index in [1.165, 1.54) is 11.1 Å². The molecule has 2 saturated carbocycles. The van der Waals surface area contributed by atoms with Crippen LogP contribution in [0.1, 0.15) is 86.3 Å². The van der Waals surface area contributed by atoms with E-state index in [9.17, 15) is 22.8 Å². The number of hydrogen-bond acceptors (Lipinski definition) is 12. The predicted octanol–water partition coefficient (Wildman–Crippen LogP) is 7.53. The van der Waals surface area contributed by atoms with Crippen LogP contribution in [0.5, 0.6) is 0 Å². The lowest BCUT2D eigenvalue weighted by Crippen LogP contribution is -2.58. The van der Waals surface area contributed by atoms with Crippen molar-refractivity contribution in [3.63, 3.8) is 0 Å². The highest BCUT2D eigenvalue weighted by Crippen LogP contribution is 2.64. The van der Waals surface area contributed by atoms with E-state index in [-0.39, 0.29) is 53.9 Å². The number of hydrogen-bond donors (Lipinski definition) is 3. The van der Waals surface area contributed by atoms with Crippen molar-refractivity contribution in [1.82, 2.24) is 35.1 Å². The van der Waals surface area contributed by atoms with Gasteiger partial charge in [-0.2, -0.15) is 13.2 Å². The number of carboxylic acids is 1. The number of carbonyl (C=O) groups excluding carboxylic acids is 2. The average Bonchev–Trinajstić information content (AvgIpc) is 3.92. The summed E-state index contributed by atoms with van der Waals surface area (Å²) < 4.78 is 45.1. The highest BCUT2D eigenvalue weighted by atomic mass is 79.9. The van der Waals surface area contributed by atoms with E-state index in [1.54, 1.807) is 60.9 Å². The first-order chi connectivity index (χ1) is 32.7. The number of fused-ring (bicyclic) bond motifs is 6. The summed E-state index contributed by atoms with van der Waals surface area (Å²) in [7, 11) is 3.55. The van der Waals surface area contributed by atoms with Crippen LogP contribution in [0.3, 0.4) is 0 Å². The molecule has 366 valence electrons. The van der Waals surface area contributed by atoms with E-state index in [0.717, 1.165) is 71.4 Å². The molecule has 2 aromatic heterocycles. The molecule has 4 aromatic rings. The van der Waals surface area contributed by atoms with Crippen LogP contribution < -0.4 is 11.1 Å². The fourth-order valence-electron chi connectivity index (χ4n) is 12.1. The monoisotopic (exact) mass is 1100 g/mol. The van der Waals surface area contributed by atoms with Gasteiger partial charge in [0.25, 0.3) is 11.8 Å².